The van der Waals surface area contributed by atoms with E-state index in [0.717, 1.165) is 25.9 Å². The van der Waals surface area contributed by atoms with Crippen LogP contribution < -0.4 is 0 Å². The average Bonchev–Trinajstić information content (AvgIpc) is 2.91. The van der Waals surface area contributed by atoms with Crippen molar-refractivity contribution in [2.24, 2.45) is 16.7 Å². The lowest BCUT2D eigenvalue weighted by molar-refractivity contribution is -0.136. The van der Waals surface area contributed by atoms with E-state index >= 15 is 0 Å². The van der Waals surface area contributed by atoms with Gasteiger partial charge in [-0.2, -0.15) is 0 Å². The zero-order valence-corrected chi connectivity index (χ0v) is 13.5. The molecule has 1 heterocycles. The van der Waals surface area contributed by atoms with Crippen LogP contribution in [0.4, 0.5) is 0 Å². The van der Waals surface area contributed by atoms with E-state index in [9.17, 15) is 4.79 Å². The van der Waals surface area contributed by atoms with Gasteiger partial charge in [-0.1, -0.05) is 44.9 Å². The summed E-state index contributed by atoms with van der Waals surface area (Å²) < 4.78 is 0. The molecule has 0 aromatic carbocycles. The molecular weight excluding hydrogens is 258 g/mol. The molecule has 1 aliphatic heterocycles. The highest BCUT2D eigenvalue weighted by molar-refractivity contribution is 5.79. The molecule has 0 atom stereocenters. The predicted molar refractivity (Wildman–Crippen MR) is 85.0 cm³/mol. The first-order valence-electron chi connectivity index (χ1n) is 9.54. The third-order valence-electron chi connectivity index (χ3n) is 7.50. The maximum absolute atomic E-state index is 13.0. The Kier molecular flexibility index (Phi) is 3.54. The molecule has 0 bridgehead atoms. The minimum Gasteiger partial charge on any atom is -0.341 e. The molecule has 21 heavy (non-hydrogen) atoms. The van der Waals surface area contributed by atoms with E-state index in [1.165, 1.54) is 70.6 Å². The van der Waals surface area contributed by atoms with Gasteiger partial charge >= 0.3 is 0 Å². The minimum absolute atomic E-state index is 0.369. The van der Waals surface area contributed by atoms with Crippen LogP contribution in [-0.2, 0) is 4.79 Å². The van der Waals surface area contributed by atoms with Gasteiger partial charge in [0.05, 0.1) is 0 Å². The second-order valence-corrected chi connectivity index (χ2v) is 8.50. The summed E-state index contributed by atoms with van der Waals surface area (Å²) >= 11 is 0. The first kappa shape index (κ1) is 14.1. The van der Waals surface area contributed by atoms with E-state index in [1.807, 2.05) is 0 Å². The van der Waals surface area contributed by atoms with Gasteiger partial charge in [-0.3, -0.25) is 4.79 Å². The first-order valence-corrected chi connectivity index (χ1v) is 9.54. The zero-order valence-electron chi connectivity index (χ0n) is 13.5. The molecule has 3 saturated carbocycles. The molecule has 4 rings (SSSR count). The highest BCUT2D eigenvalue weighted by Crippen LogP contribution is 2.63. The third kappa shape index (κ3) is 2.16. The van der Waals surface area contributed by atoms with Gasteiger partial charge in [0.1, 0.15) is 0 Å². The molecule has 118 valence electrons. The largest absolute Gasteiger partial charge is 0.341 e. The van der Waals surface area contributed by atoms with Crippen molar-refractivity contribution in [2.45, 2.75) is 83.5 Å². The summed E-state index contributed by atoms with van der Waals surface area (Å²) in [5.74, 6) is 0.901. The molecule has 1 saturated heterocycles. The van der Waals surface area contributed by atoms with Crippen molar-refractivity contribution in [3.05, 3.63) is 0 Å². The van der Waals surface area contributed by atoms with Gasteiger partial charge in [-0.15, -0.1) is 0 Å². The quantitative estimate of drug-likeness (QED) is 0.694. The van der Waals surface area contributed by atoms with E-state index in [2.05, 4.69) is 4.90 Å². The number of likely N-dealkylation sites (tertiary alicyclic amines) is 1. The molecule has 0 N–H and O–H groups in total. The van der Waals surface area contributed by atoms with Crippen molar-refractivity contribution in [1.29, 1.82) is 0 Å². The summed E-state index contributed by atoms with van der Waals surface area (Å²) in [5, 5.41) is 0. The zero-order chi connectivity index (χ0) is 14.3. The number of nitrogens with zero attached hydrogens (tertiary/aromatic N) is 1. The van der Waals surface area contributed by atoms with Crippen LogP contribution >= 0.6 is 0 Å². The Balaban J connectivity index is 1.55. The van der Waals surface area contributed by atoms with Crippen LogP contribution in [0.15, 0.2) is 0 Å². The topological polar surface area (TPSA) is 20.3 Å². The minimum atomic E-state index is 0.369. The number of hydrogen-bond donors (Lipinski definition) is 0. The van der Waals surface area contributed by atoms with Crippen molar-refractivity contribution in [3.63, 3.8) is 0 Å². The molecule has 1 amide bonds. The third-order valence-corrected chi connectivity index (χ3v) is 7.50. The fourth-order valence-corrected chi connectivity index (χ4v) is 6.37. The monoisotopic (exact) mass is 289 g/mol. The summed E-state index contributed by atoms with van der Waals surface area (Å²) in [5.41, 5.74) is 1.04. The van der Waals surface area contributed by atoms with Gasteiger partial charge in [0.2, 0.25) is 5.91 Å². The fourth-order valence-electron chi connectivity index (χ4n) is 6.37. The van der Waals surface area contributed by atoms with Crippen molar-refractivity contribution in [2.75, 3.05) is 13.1 Å². The van der Waals surface area contributed by atoms with E-state index in [-0.39, 0.29) is 0 Å². The van der Waals surface area contributed by atoms with Crippen LogP contribution in [0.2, 0.25) is 0 Å². The fraction of sp³-hybridized carbons (Fsp3) is 0.947. The smallest absolute Gasteiger partial charge is 0.225 e. The second kappa shape index (κ2) is 5.28. The first-order chi connectivity index (χ1) is 10.2. The second-order valence-electron chi connectivity index (χ2n) is 8.50. The normalized spacial score (nSPS) is 40.7. The summed E-state index contributed by atoms with van der Waals surface area (Å²) in [7, 11) is 0. The van der Waals surface area contributed by atoms with Crippen molar-refractivity contribution >= 4 is 5.91 Å². The lowest BCUT2D eigenvalue weighted by Crippen LogP contribution is -2.45. The Morgan fingerprint density at radius 3 is 1.67 bits per heavy atom. The van der Waals surface area contributed by atoms with Crippen molar-refractivity contribution in [3.8, 4) is 0 Å². The number of carbonyl (C=O) groups is 1. The van der Waals surface area contributed by atoms with Crippen LogP contribution in [0, 0.1) is 16.7 Å². The molecule has 2 heteroatoms. The Bertz CT molecular complexity index is 374. The molecule has 4 aliphatic rings. The van der Waals surface area contributed by atoms with Crippen LogP contribution in [0.3, 0.4) is 0 Å². The van der Waals surface area contributed by atoms with Gasteiger partial charge < -0.3 is 4.90 Å². The number of carbonyl (C=O) groups excluding carboxylic acids is 1. The maximum Gasteiger partial charge on any atom is 0.225 e. The Hall–Kier alpha value is -0.530. The molecule has 0 aromatic rings. The lowest BCUT2D eigenvalue weighted by Gasteiger charge is -2.51. The number of amides is 1. The summed E-state index contributed by atoms with van der Waals surface area (Å²) in [6.07, 6.45) is 17.5. The summed E-state index contributed by atoms with van der Waals surface area (Å²) in [4.78, 5) is 15.3. The molecule has 0 aromatic heterocycles. The average molecular weight is 289 g/mol. The highest BCUT2D eigenvalue weighted by Gasteiger charge is 2.59. The number of rotatable bonds is 1. The lowest BCUT2D eigenvalue weighted by atomic mass is 9.52. The molecule has 0 spiro atoms. The molecule has 0 radical (unpaired) electrons. The van der Waals surface area contributed by atoms with Gasteiger partial charge in [-0.05, 0) is 49.4 Å². The molecule has 0 unspecified atom stereocenters. The van der Waals surface area contributed by atoms with Gasteiger partial charge in [0, 0.05) is 19.0 Å². The van der Waals surface area contributed by atoms with Crippen molar-refractivity contribution in [1.82, 2.24) is 4.90 Å². The van der Waals surface area contributed by atoms with Crippen molar-refractivity contribution < 1.29 is 4.79 Å². The van der Waals surface area contributed by atoms with Crippen LogP contribution in [0.5, 0.6) is 0 Å². The van der Waals surface area contributed by atoms with Crippen LogP contribution in [-0.4, -0.2) is 23.9 Å². The predicted octanol–water partition coefficient (Wildman–Crippen LogP) is 4.53. The van der Waals surface area contributed by atoms with Crippen LogP contribution in [0.1, 0.15) is 83.5 Å². The Morgan fingerprint density at radius 2 is 1.19 bits per heavy atom. The maximum atomic E-state index is 13.0. The molecular formula is C19H31NO. The number of hydrogen-bond acceptors (Lipinski definition) is 1. The van der Waals surface area contributed by atoms with E-state index in [0.29, 0.717) is 22.7 Å². The van der Waals surface area contributed by atoms with E-state index < -0.39 is 0 Å². The highest BCUT2D eigenvalue weighted by atomic mass is 16.2. The SMILES string of the molecule is O=C(C1CCCCC1)N1CC23CCCCC2(CCCC3)C1. The molecule has 4 fully saturated rings. The van der Waals surface area contributed by atoms with Gasteiger partial charge in [0.25, 0.3) is 0 Å². The summed E-state index contributed by atoms with van der Waals surface area (Å²) in [6.45, 7) is 2.23. The van der Waals surface area contributed by atoms with Gasteiger partial charge in [0.15, 0.2) is 0 Å². The van der Waals surface area contributed by atoms with E-state index in [4.69, 9.17) is 0 Å². The van der Waals surface area contributed by atoms with E-state index in [1.54, 1.807) is 0 Å². The van der Waals surface area contributed by atoms with Gasteiger partial charge in [-0.25, -0.2) is 0 Å². The Labute approximate surface area is 129 Å². The summed E-state index contributed by atoms with van der Waals surface area (Å²) in [6, 6.07) is 0. The standard InChI is InChI=1S/C19H31NO/c21-17(16-8-2-1-3-9-16)20-14-18-10-4-5-11-19(18,15-20)13-7-6-12-18/h16H,1-15H2. The van der Waals surface area contributed by atoms with Crippen LogP contribution in [0.25, 0.3) is 0 Å². The molecule has 2 nitrogen and oxygen atoms in total. The Morgan fingerprint density at radius 1 is 0.714 bits per heavy atom. The molecule has 3 aliphatic carbocycles.